The fourth-order valence-electron chi connectivity index (χ4n) is 6.35. The third kappa shape index (κ3) is 8.07. The molecule has 0 aromatic carbocycles. The Morgan fingerprint density at radius 3 is 2.44 bits per heavy atom. The second-order valence-corrected chi connectivity index (χ2v) is 19.6. The molecule has 3 N–H and O–H groups in total. The number of nitrogens with zero attached hydrogens (tertiary/aromatic N) is 5. The van der Waals surface area contributed by atoms with E-state index in [9.17, 15) is 9.59 Å². The number of rotatable bonds is 13. The molecule has 1 atom stereocenters. The Morgan fingerprint density at radius 2 is 1.87 bits per heavy atom. The average Bonchev–Trinajstić information content (AvgIpc) is 3.53. The topological polar surface area (TPSA) is 130 Å². The van der Waals surface area contributed by atoms with E-state index in [-0.39, 0.29) is 29.4 Å². The summed E-state index contributed by atoms with van der Waals surface area (Å²) in [5.74, 6) is -1.69. The summed E-state index contributed by atoms with van der Waals surface area (Å²) in [4.78, 5) is 30.7. The van der Waals surface area contributed by atoms with Crippen LogP contribution < -0.4 is 11.1 Å². The summed E-state index contributed by atoms with van der Waals surface area (Å²) in [6, 6.07) is 4.19. The summed E-state index contributed by atoms with van der Waals surface area (Å²) in [6.45, 7) is 17.8. The number of amides is 2. The number of pyridine rings is 1. The highest BCUT2D eigenvalue weighted by molar-refractivity contribution is 6.76. The van der Waals surface area contributed by atoms with Crippen LogP contribution in [0.1, 0.15) is 92.8 Å². The molecule has 2 amide bonds. The monoisotopic (exact) mass is 639 g/mol. The Kier molecular flexibility index (Phi) is 11.0. The predicted octanol–water partition coefficient (Wildman–Crippen LogP) is 6.69. The normalized spacial score (nSPS) is 17.9. The molecule has 1 saturated carbocycles. The fourth-order valence-corrected chi connectivity index (χ4v) is 7.10. The minimum Gasteiger partial charge on any atom is -0.364 e. The summed E-state index contributed by atoms with van der Waals surface area (Å²) in [6.07, 6.45) is 5.85. The van der Waals surface area contributed by atoms with Gasteiger partial charge in [-0.2, -0.15) is 14.6 Å². The number of anilines is 1. The number of aromatic nitrogens is 5. The lowest BCUT2D eigenvalue weighted by Gasteiger charge is -2.32. The zero-order valence-corrected chi connectivity index (χ0v) is 29.1. The van der Waals surface area contributed by atoms with Gasteiger partial charge in [0.25, 0.3) is 5.91 Å². The largest absolute Gasteiger partial charge is 0.364 e. The van der Waals surface area contributed by atoms with Crippen molar-refractivity contribution in [3.63, 3.8) is 0 Å². The Hall–Kier alpha value is -3.38. The quantitative estimate of drug-likeness (QED) is 0.122. The average molecular weight is 640 g/mol. The van der Waals surface area contributed by atoms with Crippen molar-refractivity contribution in [2.75, 3.05) is 11.9 Å². The Balaban J connectivity index is 1.60. The maximum absolute atomic E-state index is 15.7. The number of primary amides is 1. The van der Waals surface area contributed by atoms with Gasteiger partial charge >= 0.3 is 0 Å². The molecule has 3 aromatic heterocycles. The van der Waals surface area contributed by atoms with E-state index in [1.807, 2.05) is 27.7 Å². The number of carbonyl (C=O) groups is 2. The summed E-state index contributed by atoms with van der Waals surface area (Å²) in [7, 11) is -1.22. The van der Waals surface area contributed by atoms with Crippen LogP contribution in [-0.4, -0.2) is 51.0 Å². The molecule has 1 aliphatic carbocycles. The first-order valence-corrected chi connectivity index (χ1v) is 19.9. The van der Waals surface area contributed by atoms with E-state index in [2.05, 4.69) is 47.1 Å². The second-order valence-electron chi connectivity index (χ2n) is 14.0. The molecular formula is C33H50FN7O3Si. The van der Waals surface area contributed by atoms with Crippen LogP contribution in [0.3, 0.4) is 0 Å². The molecule has 45 heavy (non-hydrogen) atoms. The van der Waals surface area contributed by atoms with Crippen LogP contribution in [0.2, 0.25) is 25.7 Å². The Bertz CT molecular complexity index is 1500. The van der Waals surface area contributed by atoms with E-state index in [4.69, 9.17) is 10.5 Å². The molecule has 10 nitrogen and oxygen atoms in total. The van der Waals surface area contributed by atoms with Gasteiger partial charge in [-0.15, -0.1) is 0 Å². The molecule has 1 aliphatic rings. The van der Waals surface area contributed by atoms with Gasteiger partial charge in [0.05, 0.1) is 17.8 Å². The molecule has 0 bridgehead atoms. The van der Waals surface area contributed by atoms with E-state index in [0.717, 1.165) is 37.4 Å². The number of nitrogens with one attached hydrogen (secondary N) is 1. The third-order valence-electron chi connectivity index (χ3n) is 8.84. The first-order chi connectivity index (χ1) is 21.2. The number of carbonyl (C=O) groups excluding carboxylic acids is 2. The van der Waals surface area contributed by atoms with Crippen LogP contribution in [0.15, 0.2) is 18.3 Å². The number of halogens is 1. The summed E-state index contributed by atoms with van der Waals surface area (Å²) in [5.41, 5.74) is 9.12. The third-order valence-corrected chi connectivity index (χ3v) is 10.5. The molecule has 1 unspecified atom stereocenters. The van der Waals surface area contributed by atoms with E-state index in [0.29, 0.717) is 48.1 Å². The lowest BCUT2D eigenvalue weighted by molar-refractivity contribution is -0.119. The predicted molar refractivity (Wildman–Crippen MR) is 177 cm³/mol. The Morgan fingerprint density at radius 1 is 1.18 bits per heavy atom. The maximum Gasteiger partial charge on any atom is 0.267 e. The second kappa shape index (κ2) is 14.4. The van der Waals surface area contributed by atoms with Gasteiger partial charge in [0.15, 0.2) is 0 Å². The molecular weight excluding hydrogens is 589 g/mol. The van der Waals surface area contributed by atoms with Gasteiger partial charge in [-0.25, -0.2) is 9.67 Å². The smallest absolute Gasteiger partial charge is 0.267 e. The SMILES string of the molecule is CCc1c(-c2ccc(NC(=O)C(c3cnn(C(C)C)c3C(N)=O)C3CCC(C)CC3)nc2F)c(C)nn1COCC[Si](C)(C)C. The Labute approximate surface area is 267 Å². The number of ether oxygens (including phenoxy) is 1. The van der Waals surface area contributed by atoms with E-state index in [1.54, 1.807) is 27.7 Å². The van der Waals surface area contributed by atoms with E-state index >= 15 is 4.39 Å². The summed E-state index contributed by atoms with van der Waals surface area (Å²) in [5, 5.41) is 11.9. The van der Waals surface area contributed by atoms with Crippen LogP contribution in [0.25, 0.3) is 11.1 Å². The standard InChI is InChI=1S/C33H50FN7O3Si/c1-9-26-28(22(5)39-40(26)19-44-16-17-45(6,7)8)24-14-15-27(37-31(24)34)38-33(43)29(23-12-10-21(4)11-13-23)25-18-36-41(20(2)3)30(25)32(35)42/h14-15,18,20-21,23,29H,9-13,16-17,19H2,1-8H3,(H2,35,42)(H,37,38,43). The van der Waals surface area contributed by atoms with Crippen LogP contribution >= 0.6 is 0 Å². The van der Waals surface area contributed by atoms with Crippen molar-refractivity contribution < 1.29 is 18.7 Å². The zero-order valence-electron chi connectivity index (χ0n) is 28.1. The molecule has 246 valence electrons. The van der Waals surface area contributed by atoms with E-state index < -0.39 is 25.8 Å². The summed E-state index contributed by atoms with van der Waals surface area (Å²) >= 11 is 0. The molecule has 0 radical (unpaired) electrons. The van der Waals surface area contributed by atoms with Gasteiger partial charge < -0.3 is 15.8 Å². The van der Waals surface area contributed by atoms with Crippen LogP contribution in [-0.2, 0) is 22.7 Å². The van der Waals surface area contributed by atoms with Gasteiger partial charge in [0.1, 0.15) is 18.2 Å². The molecule has 0 spiro atoms. The zero-order chi connectivity index (χ0) is 33.1. The minimum atomic E-state index is -1.22. The van der Waals surface area contributed by atoms with Gasteiger partial charge in [0.2, 0.25) is 11.9 Å². The summed E-state index contributed by atoms with van der Waals surface area (Å²) < 4.78 is 25.0. The fraction of sp³-hybridized carbons (Fsp3) is 0.606. The van der Waals surface area contributed by atoms with Crippen molar-refractivity contribution in [3.8, 4) is 11.1 Å². The van der Waals surface area contributed by atoms with Crippen LogP contribution in [0.5, 0.6) is 0 Å². The van der Waals surface area contributed by atoms with Crippen molar-refractivity contribution in [3.05, 3.63) is 46.9 Å². The number of hydrogen-bond donors (Lipinski definition) is 2. The first-order valence-electron chi connectivity index (χ1n) is 16.2. The van der Waals surface area contributed by atoms with Crippen molar-refractivity contribution >= 4 is 25.7 Å². The lowest BCUT2D eigenvalue weighted by atomic mass is 9.73. The van der Waals surface area contributed by atoms with Crippen LogP contribution in [0.4, 0.5) is 10.2 Å². The van der Waals surface area contributed by atoms with Gasteiger partial charge in [0, 0.05) is 43.1 Å². The first kappa shape index (κ1) is 34.5. The molecule has 0 aliphatic heterocycles. The lowest BCUT2D eigenvalue weighted by Crippen LogP contribution is -2.32. The molecule has 4 rings (SSSR count). The van der Waals surface area contributed by atoms with Gasteiger partial charge in [-0.1, -0.05) is 46.3 Å². The van der Waals surface area contributed by atoms with E-state index in [1.165, 1.54) is 0 Å². The van der Waals surface area contributed by atoms with Crippen molar-refractivity contribution in [1.29, 1.82) is 0 Å². The van der Waals surface area contributed by atoms with Gasteiger partial charge in [-0.3, -0.25) is 14.3 Å². The highest BCUT2D eigenvalue weighted by Crippen LogP contribution is 2.40. The minimum absolute atomic E-state index is 0.0122. The maximum atomic E-state index is 15.7. The molecule has 3 heterocycles. The molecule has 12 heteroatoms. The van der Waals surface area contributed by atoms with Gasteiger partial charge in [-0.05, 0) is 70.0 Å². The highest BCUT2D eigenvalue weighted by atomic mass is 28.3. The van der Waals surface area contributed by atoms with Crippen molar-refractivity contribution in [1.82, 2.24) is 24.5 Å². The van der Waals surface area contributed by atoms with Crippen molar-refractivity contribution in [2.24, 2.45) is 17.6 Å². The molecule has 0 saturated heterocycles. The number of aryl methyl sites for hydroxylation is 1. The highest BCUT2D eigenvalue weighted by Gasteiger charge is 2.37. The van der Waals surface area contributed by atoms with Crippen LogP contribution in [0, 0.1) is 24.7 Å². The van der Waals surface area contributed by atoms with Crippen molar-refractivity contribution in [2.45, 2.75) is 111 Å². The number of hydrogen-bond acceptors (Lipinski definition) is 6. The number of nitrogens with two attached hydrogens (primary N) is 1. The molecule has 3 aromatic rings. The molecule has 1 fully saturated rings.